The van der Waals surface area contributed by atoms with Crippen LogP contribution in [-0.2, 0) is 20.0 Å². The zero-order valence-corrected chi connectivity index (χ0v) is 22.2. The largest absolute Gasteiger partial charge is 0.496 e. The summed E-state index contributed by atoms with van der Waals surface area (Å²) >= 11 is 0. The van der Waals surface area contributed by atoms with Crippen LogP contribution in [0.3, 0.4) is 0 Å². The van der Waals surface area contributed by atoms with Crippen molar-refractivity contribution in [2.45, 2.75) is 43.5 Å². The molecule has 3 aromatic rings. The Balaban J connectivity index is 1.82. The monoisotopic (exact) mass is 531 g/mol. The molecule has 0 unspecified atom stereocenters. The fourth-order valence-corrected chi connectivity index (χ4v) is 5.63. The van der Waals surface area contributed by atoms with E-state index in [1.807, 2.05) is 13.0 Å². The van der Waals surface area contributed by atoms with E-state index in [0.29, 0.717) is 5.69 Å². The molecule has 0 bridgehead atoms. The average Bonchev–Trinajstić information content (AvgIpc) is 2.80. The van der Waals surface area contributed by atoms with Crippen LogP contribution in [0.15, 0.2) is 70.5 Å². The molecule has 3 N–H and O–H groups in total. The molecule has 0 aliphatic rings. The number of carbonyl (C=O) groups excluding carboxylic acids is 1. The van der Waals surface area contributed by atoms with Gasteiger partial charge < -0.3 is 10.1 Å². The summed E-state index contributed by atoms with van der Waals surface area (Å²) in [5, 5.41) is 2.71. The fraction of sp³-hybridized carbons (Fsp3) is 0.240. The average molecular weight is 532 g/mol. The van der Waals surface area contributed by atoms with Gasteiger partial charge in [-0.05, 0) is 81.8 Å². The van der Waals surface area contributed by atoms with Crippen molar-refractivity contribution in [1.82, 2.24) is 5.32 Å². The lowest BCUT2D eigenvalue weighted by Gasteiger charge is -2.14. The van der Waals surface area contributed by atoms with Crippen LogP contribution in [0.2, 0.25) is 0 Å². The van der Waals surface area contributed by atoms with Gasteiger partial charge >= 0.3 is 0 Å². The SMILES string of the molecule is COc1ccc(S(=O)(=O)Nc2ccc(S(=O)(=O)Nc3ccc(C)cc3C)cc2)cc1C(=O)NC(C)C. The molecule has 11 heteroatoms. The van der Waals surface area contributed by atoms with Crippen LogP contribution in [0.1, 0.15) is 35.3 Å². The maximum Gasteiger partial charge on any atom is 0.261 e. The van der Waals surface area contributed by atoms with Crippen molar-refractivity contribution in [2.75, 3.05) is 16.6 Å². The van der Waals surface area contributed by atoms with Gasteiger partial charge in [-0.1, -0.05) is 17.7 Å². The molecule has 0 saturated carbocycles. The van der Waals surface area contributed by atoms with Crippen molar-refractivity contribution in [3.63, 3.8) is 0 Å². The van der Waals surface area contributed by atoms with Crippen molar-refractivity contribution in [1.29, 1.82) is 0 Å². The molecule has 0 saturated heterocycles. The summed E-state index contributed by atoms with van der Waals surface area (Å²) in [5.41, 5.74) is 2.49. The summed E-state index contributed by atoms with van der Waals surface area (Å²) in [5.74, 6) is -0.234. The van der Waals surface area contributed by atoms with Crippen molar-refractivity contribution in [2.24, 2.45) is 0 Å². The van der Waals surface area contributed by atoms with Gasteiger partial charge in [-0.25, -0.2) is 16.8 Å². The van der Waals surface area contributed by atoms with Crippen LogP contribution < -0.4 is 19.5 Å². The van der Waals surface area contributed by atoms with Crippen LogP contribution in [0, 0.1) is 13.8 Å². The highest BCUT2D eigenvalue weighted by Gasteiger charge is 2.21. The topological polar surface area (TPSA) is 131 Å². The van der Waals surface area contributed by atoms with E-state index in [9.17, 15) is 21.6 Å². The predicted octanol–water partition coefficient (Wildman–Crippen LogP) is 4.05. The van der Waals surface area contributed by atoms with E-state index >= 15 is 0 Å². The lowest BCUT2D eigenvalue weighted by molar-refractivity contribution is 0.0940. The Morgan fingerprint density at radius 2 is 1.42 bits per heavy atom. The summed E-state index contributed by atoms with van der Waals surface area (Å²) in [6.45, 7) is 7.29. The second-order valence-electron chi connectivity index (χ2n) is 8.54. The number of carbonyl (C=O) groups is 1. The third-order valence-corrected chi connectivity index (χ3v) is 7.95. The molecule has 3 rings (SSSR count). The quantitative estimate of drug-likeness (QED) is 0.382. The van der Waals surface area contributed by atoms with Crippen LogP contribution in [0.4, 0.5) is 11.4 Å². The van der Waals surface area contributed by atoms with E-state index in [2.05, 4.69) is 14.8 Å². The van der Waals surface area contributed by atoms with Gasteiger partial charge in [0.15, 0.2) is 0 Å². The van der Waals surface area contributed by atoms with E-state index in [1.54, 1.807) is 32.9 Å². The number of nitrogens with one attached hydrogen (secondary N) is 3. The lowest BCUT2D eigenvalue weighted by Crippen LogP contribution is -2.30. The lowest BCUT2D eigenvalue weighted by atomic mass is 10.1. The molecule has 0 spiro atoms. The van der Waals surface area contributed by atoms with E-state index in [-0.39, 0.29) is 32.8 Å². The highest BCUT2D eigenvalue weighted by atomic mass is 32.2. The van der Waals surface area contributed by atoms with Crippen LogP contribution >= 0.6 is 0 Å². The molecule has 0 aliphatic heterocycles. The molecule has 0 fully saturated rings. The van der Waals surface area contributed by atoms with Gasteiger partial charge in [0.25, 0.3) is 26.0 Å². The maximum atomic E-state index is 13.0. The minimum Gasteiger partial charge on any atom is -0.496 e. The summed E-state index contributed by atoms with van der Waals surface area (Å²) in [6, 6.07) is 14.5. The molecule has 192 valence electrons. The molecular formula is C25H29N3O6S2. The number of methoxy groups -OCH3 is 1. The Labute approximate surface area is 212 Å². The van der Waals surface area contributed by atoms with E-state index in [1.165, 1.54) is 49.6 Å². The van der Waals surface area contributed by atoms with Crippen molar-refractivity contribution >= 4 is 37.3 Å². The first-order chi connectivity index (χ1) is 16.8. The number of anilines is 2. The minimum absolute atomic E-state index is 0.0255. The third kappa shape index (κ3) is 6.35. The molecule has 9 nitrogen and oxygen atoms in total. The number of amides is 1. The highest BCUT2D eigenvalue weighted by molar-refractivity contribution is 7.93. The number of benzene rings is 3. The van der Waals surface area contributed by atoms with Crippen molar-refractivity contribution in [3.05, 3.63) is 77.4 Å². The Morgan fingerprint density at radius 1 is 0.806 bits per heavy atom. The molecular weight excluding hydrogens is 502 g/mol. The standard InChI is InChI=1S/C25H29N3O6S2/c1-16(2)26-25(29)22-15-21(11-13-24(22)34-5)36(32,33)27-19-7-9-20(10-8-19)35(30,31)28-23-12-6-17(3)14-18(23)4/h6-16,27-28H,1-5H3,(H,26,29). The zero-order valence-electron chi connectivity index (χ0n) is 20.6. The number of rotatable bonds is 9. The van der Waals surface area contributed by atoms with Gasteiger partial charge in [0.1, 0.15) is 5.75 Å². The summed E-state index contributed by atoms with van der Waals surface area (Å²) in [7, 11) is -6.57. The Kier molecular flexibility index (Phi) is 7.95. The maximum absolute atomic E-state index is 13.0. The Bertz CT molecular complexity index is 1480. The molecule has 0 aromatic heterocycles. The summed E-state index contributed by atoms with van der Waals surface area (Å²) in [6.07, 6.45) is 0. The number of ether oxygens (including phenoxy) is 1. The second-order valence-corrected chi connectivity index (χ2v) is 11.9. The molecule has 0 radical (unpaired) electrons. The Morgan fingerprint density at radius 3 is 2.00 bits per heavy atom. The van der Waals surface area contributed by atoms with E-state index in [0.717, 1.165) is 11.1 Å². The molecule has 36 heavy (non-hydrogen) atoms. The van der Waals surface area contributed by atoms with Crippen LogP contribution in [0.25, 0.3) is 0 Å². The number of sulfonamides is 2. The highest BCUT2D eigenvalue weighted by Crippen LogP contribution is 2.26. The first kappa shape index (κ1) is 27.0. The summed E-state index contributed by atoms with van der Waals surface area (Å²) in [4.78, 5) is 12.3. The third-order valence-electron chi connectivity index (χ3n) is 5.19. The molecule has 1 amide bonds. The second kappa shape index (κ2) is 10.6. The first-order valence-electron chi connectivity index (χ1n) is 11.0. The minimum atomic E-state index is -4.08. The normalized spacial score (nSPS) is 11.7. The molecule has 0 heterocycles. The van der Waals surface area contributed by atoms with E-state index in [4.69, 9.17) is 4.74 Å². The number of aryl methyl sites for hydroxylation is 2. The van der Waals surface area contributed by atoms with Gasteiger partial charge in [-0.3, -0.25) is 14.2 Å². The van der Waals surface area contributed by atoms with Gasteiger partial charge in [-0.15, -0.1) is 0 Å². The molecule has 0 aliphatic carbocycles. The number of hydrogen-bond donors (Lipinski definition) is 3. The first-order valence-corrected chi connectivity index (χ1v) is 14.0. The smallest absolute Gasteiger partial charge is 0.261 e. The van der Waals surface area contributed by atoms with Gasteiger partial charge in [0.2, 0.25) is 0 Å². The van der Waals surface area contributed by atoms with Crippen molar-refractivity contribution in [3.8, 4) is 5.75 Å². The predicted molar refractivity (Wildman–Crippen MR) is 140 cm³/mol. The van der Waals surface area contributed by atoms with Crippen molar-refractivity contribution < 1.29 is 26.4 Å². The Hall–Kier alpha value is -3.57. The molecule has 3 aromatic carbocycles. The summed E-state index contributed by atoms with van der Waals surface area (Å²) < 4.78 is 61.7. The van der Waals surface area contributed by atoms with Gasteiger partial charge in [-0.2, -0.15) is 0 Å². The van der Waals surface area contributed by atoms with Crippen LogP contribution in [-0.4, -0.2) is 35.9 Å². The van der Waals surface area contributed by atoms with E-state index < -0.39 is 26.0 Å². The number of hydrogen-bond acceptors (Lipinski definition) is 6. The zero-order chi connectivity index (χ0) is 26.7. The van der Waals surface area contributed by atoms with Crippen LogP contribution in [0.5, 0.6) is 5.75 Å². The molecule has 0 atom stereocenters. The van der Waals surface area contributed by atoms with Gasteiger partial charge in [0, 0.05) is 11.7 Å². The fourth-order valence-electron chi connectivity index (χ4n) is 3.42. The van der Waals surface area contributed by atoms with Gasteiger partial charge in [0.05, 0.1) is 28.2 Å².